The quantitative estimate of drug-likeness (QED) is 0.924. The van der Waals surface area contributed by atoms with E-state index in [1.807, 2.05) is 0 Å². The number of primary amides is 1. The number of nitrogens with two attached hydrogens (primary N) is 1. The number of aromatic nitrogens is 1. The summed E-state index contributed by atoms with van der Waals surface area (Å²) in [4.78, 5) is 17.3. The Morgan fingerprint density at radius 3 is 2.52 bits per heavy atom. The average Bonchev–Trinajstić information content (AvgIpc) is 2.53. The summed E-state index contributed by atoms with van der Waals surface area (Å²) in [5, 5.41) is 0.679. The van der Waals surface area contributed by atoms with Gasteiger partial charge in [-0.15, -0.1) is 0 Å². The molecule has 1 aliphatic heterocycles. The predicted octanol–water partition coefficient (Wildman–Crippen LogP) is 2.96. The summed E-state index contributed by atoms with van der Waals surface area (Å²) in [5.74, 6) is -0.421. The summed E-state index contributed by atoms with van der Waals surface area (Å²) in [6.07, 6.45) is -1.57. The normalized spacial score (nSPS) is 16.7. The van der Waals surface area contributed by atoms with Crippen LogP contribution in [0.2, 0.25) is 0 Å². The third-order valence-electron chi connectivity index (χ3n) is 4.29. The van der Waals surface area contributed by atoms with Crippen molar-refractivity contribution in [2.75, 3.05) is 18.0 Å². The third-order valence-corrected chi connectivity index (χ3v) is 4.29. The maximum absolute atomic E-state index is 12.8. The molecule has 1 aromatic carbocycles. The smallest absolute Gasteiger partial charge is 0.371 e. The molecule has 122 valence electrons. The topological polar surface area (TPSA) is 59.2 Å². The first-order valence-corrected chi connectivity index (χ1v) is 7.36. The fraction of sp³-hybridized carbons (Fsp3) is 0.375. The Hall–Kier alpha value is -2.31. The zero-order chi connectivity index (χ0) is 16.6. The minimum atomic E-state index is -4.38. The summed E-state index contributed by atoms with van der Waals surface area (Å²) in [6.45, 7) is 1.29. The van der Waals surface area contributed by atoms with Gasteiger partial charge in [0.1, 0.15) is 0 Å². The number of fused-ring (bicyclic) bond motifs is 1. The van der Waals surface area contributed by atoms with E-state index in [9.17, 15) is 18.0 Å². The molecule has 1 amide bonds. The van der Waals surface area contributed by atoms with Gasteiger partial charge < -0.3 is 10.6 Å². The molecular formula is C16H16F3N3O. The number of hydrogen-bond acceptors (Lipinski definition) is 3. The number of carbonyl (C=O) groups excluding carboxylic acids is 1. The lowest BCUT2D eigenvalue weighted by atomic mass is 9.95. The Morgan fingerprint density at radius 1 is 1.22 bits per heavy atom. The van der Waals surface area contributed by atoms with Crippen molar-refractivity contribution in [3.63, 3.8) is 0 Å². The zero-order valence-electron chi connectivity index (χ0n) is 12.3. The van der Waals surface area contributed by atoms with Gasteiger partial charge in [-0.25, -0.2) is 0 Å². The van der Waals surface area contributed by atoms with Crippen molar-refractivity contribution in [3.8, 4) is 0 Å². The Balaban J connectivity index is 1.92. The number of piperidine rings is 1. The van der Waals surface area contributed by atoms with Crippen LogP contribution in [0.25, 0.3) is 10.9 Å². The van der Waals surface area contributed by atoms with Crippen LogP contribution in [0.5, 0.6) is 0 Å². The molecule has 1 saturated heterocycles. The second-order valence-corrected chi connectivity index (χ2v) is 5.72. The number of alkyl halides is 3. The van der Waals surface area contributed by atoms with E-state index in [1.165, 1.54) is 12.3 Å². The first-order valence-electron chi connectivity index (χ1n) is 7.36. The SMILES string of the molecule is NC(=O)C1CCN(c2ccnc3cc(C(F)(F)F)ccc23)CC1. The van der Waals surface area contributed by atoms with Crippen LogP contribution in [0.4, 0.5) is 18.9 Å². The van der Waals surface area contributed by atoms with E-state index in [-0.39, 0.29) is 11.8 Å². The lowest BCUT2D eigenvalue weighted by Gasteiger charge is -2.33. The molecule has 0 spiro atoms. The van der Waals surface area contributed by atoms with Gasteiger partial charge in [-0.2, -0.15) is 13.2 Å². The summed E-state index contributed by atoms with van der Waals surface area (Å²) >= 11 is 0. The van der Waals surface area contributed by atoms with E-state index in [2.05, 4.69) is 9.88 Å². The summed E-state index contributed by atoms with van der Waals surface area (Å²) in [7, 11) is 0. The highest BCUT2D eigenvalue weighted by Gasteiger charge is 2.31. The molecule has 2 aromatic rings. The van der Waals surface area contributed by atoms with Gasteiger partial charge >= 0.3 is 6.18 Å². The lowest BCUT2D eigenvalue weighted by molar-refractivity contribution is -0.137. The number of benzene rings is 1. The van der Waals surface area contributed by atoms with Crippen molar-refractivity contribution < 1.29 is 18.0 Å². The number of anilines is 1. The van der Waals surface area contributed by atoms with Crippen LogP contribution in [0.15, 0.2) is 30.5 Å². The van der Waals surface area contributed by atoms with Gasteiger partial charge in [-0.1, -0.05) is 6.07 Å². The van der Waals surface area contributed by atoms with Crippen molar-refractivity contribution in [2.45, 2.75) is 19.0 Å². The molecule has 1 aromatic heterocycles. The van der Waals surface area contributed by atoms with Crippen molar-refractivity contribution in [1.82, 2.24) is 4.98 Å². The second-order valence-electron chi connectivity index (χ2n) is 5.72. The van der Waals surface area contributed by atoms with Gasteiger partial charge in [0.2, 0.25) is 5.91 Å². The van der Waals surface area contributed by atoms with Crippen LogP contribution in [0.1, 0.15) is 18.4 Å². The van der Waals surface area contributed by atoms with Gasteiger partial charge in [-0.3, -0.25) is 9.78 Å². The van der Waals surface area contributed by atoms with Gasteiger partial charge in [0, 0.05) is 36.3 Å². The Kier molecular flexibility index (Phi) is 3.87. The van der Waals surface area contributed by atoms with Crippen molar-refractivity contribution in [1.29, 1.82) is 0 Å². The molecule has 23 heavy (non-hydrogen) atoms. The number of amides is 1. The molecule has 3 rings (SSSR count). The fourth-order valence-corrected chi connectivity index (χ4v) is 2.99. The molecule has 1 aliphatic rings. The molecule has 0 bridgehead atoms. The molecule has 2 heterocycles. The van der Waals surface area contributed by atoms with Crippen LogP contribution in [-0.2, 0) is 11.0 Å². The molecule has 0 aliphatic carbocycles. The van der Waals surface area contributed by atoms with Crippen LogP contribution >= 0.6 is 0 Å². The molecule has 0 saturated carbocycles. The standard InChI is InChI=1S/C16H16F3N3O/c17-16(18,19)11-1-2-12-13(9-11)21-6-3-14(12)22-7-4-10(5-8-22)15(20)23/h1-3,6,9-10H,4-5,7-8H2,(H2,20,23). The van der Waals surface area contributed by atoms with E-state index in [0.29, 0.717) is 36.8 Å². The Morgan fingerprint density at radius 2 is 1.91 bits per heavy atom. The zero-order valence-corrected chi connectivity index (χ0v) is 12.3. The van der Waals surface area contributed by atoms with E-state index >= 15 is 0 Å². The number of nitrogens with zero attached hydrogens (tertiary/aromatic N) is 2. The van der Waals surface area contributed by atoms with Gasteiger partial charge in [-0.05, 0) is 31.0 Å². The highest BCUT2D eigenvalue weighted by molar-refractivity contribution is 5.92. The number of carbonyl (C=O) groups is 1. The minimum Gasteiger partial charge on any atom is -0.371 e. The van der Waals surface area contributed by atoms with Gasteiger partial charge in [0.05, 0.1) is 11.1 Å². The maximum Gasteiger partial charge on any atom is 0.416 e. The molecule has 4 nitrogen and oxygen atoms in total. The lowest BCUT2D eigenvalue weighted by Crippen LogP contribution is -2.38. The molecule has 1 fully saturated rings. The molecule has 2 N–H and O–H groups in total. The molecule has 0 radical (unpaired) electrons. The first kappa shape index (κ1) is 15.6. The Bertz CT molecular complexity index is 737. The number of rotatable bonds is 2. The van der Waals surface area contributed by atoms with Crippen LogP contribution in [-0.4, -0.2) is 24.0 Å². The van der Waals surface area contributed by atoms with E-state index in [1.54, 1.807) is 6.07 Å². The first-order chi connectivity index (χ1) is 10.9. The van der Waals surface area contributed by atoms with Crippen molar-refractivity contribution >= 4 is 22.5 Å². The monoisotopic (exact) mass is 323 g/mol. The van der Waals surface area contributed by atoms with E-state index in [4.69, 9.17) is 5.73 Å². The highest BCUT2D eigenvalue weighted by atomic mass is 19.4. The van der Waals surface area contributed by atoms with Crippen molar-refractivity contribution in [2.24, 2.45) is 11.7 Å². The van der Waals surface area contributed by atoms with Crippen molar-refractivity contribution in [3.05, 3.63) is 36.0 Å². The molecule has 7 heteroatoms. The van der Waals surface area contributed by atoms with Gasteiger partial charge in [0.15, 0.2) is 0 Å². The highest BCUT2D eigenvalue weighted by Crippen LogP contribution is 2.34. The molecule has 0 atom stereocenters. The minimum absolute atomic E-state index is 0.129. The Labute approximate surface area is 131 Å². The average molecular weight is 323 g/mol. The van der Waals surface area contributed by atoms with E-state index < -0.39 is 11.7 Å². The van der Waals surface area contributed by atoms with Crippen LogP contribution in [0, 0.1) is 5.92 Å². The third kappa shape index (κ3) is 3.09. The fourth-order valence-electron chi connectivity index (χ4n) is 2.99. The molecule has 0 unspecified atom stereocenters. The number of pyridine rings is 1. The summed E-state index contributed by atoms with van der Waals surface area (Å²) in [5.41, 5.74) is 5.77. The molecular weight excluding hydrogens is 307 g/mol. The van der Waals surface area contributed by atoms with Crippen LogP contribution < -0.4 is 10.6 Å². The van der Waals surface area contributed by atoms with Crippen LogP contribution in [0.3, 0.4) is 0 Å². The predicted molar refractivity (Wildman–Crippen MR) is 80.9 cm³/mol. The van der Waals surface area contributed by atoms with E-state index in [0.717, 1.165) is 17.8 Å². The number of hydrogen-bond donors (Lipinski definition) is 1. The maximum atomic E-state index is 12.8. The largest absolute Gasteiger partial charge is 0.416 e. The summed E-state index contributed by atoms with van der Waals surface area (Å²) < 4.78 is 38.4. The van der Waals surface area contributed by atoms with Gasteiger partial charge in [0.25, 0.3) is 0 Å². The summed E-state index contributed by atoms with van der Waals surface area (Å²) in [6, 6.07) is 5.39. The second kappa shape index (κ2) is 5.72. The number of halogens is 3.